The summed E-state index contributed by atoms with van der Waals surface area (Å²) < 4.78 is 43.0. The van der Waals surface area contributed by atoms with Crippen molar-refractivity contribution in [2.45, 2.75) is 32.0 Å². The number of H-pyrrole nitrogens is 1. The molecule has 3 heterocycles. The van der Waals surface area contributed by atoms with Crippen molar-refractivity contribution in [2.24, 2.45) is 0 Å². The molecule has 1 atom stereocenters. The smallest absolute Gasteiger partial charge is 0.475 e. The molecule has 0 radical (unpaired) electrons. The Morgan fingerprint density at radius 1 is 1.32 bits per heavy atom. The standard InChI is InChI=1S/C16H19N5O3.C2HF3O2/c1-3-12(5-7-24-16(22)23-2)21-9-11(8-20-21)14-13-4-6-17-15(13)19-10-18-14;3-2(4,5)1(6)7/h4,6,8-10,12H,3,5,7H2,1-2H3,(H,17,18,19);(H,6,7). The number of nitrogens with zero attached hydrogens (tertiary/aromatic N) is 4. The number of carbonyl (C=O) groups excluding carboxylic acids is 1. The van der Waals surface area contributed by atoms with E-state index in [1.54, 1.807) is 6.20 Å². The highest BCUT2D eigenvalue weighted by Crippen LogP contribution is 2.26. The Morgan fingerprint density at radius 3 is 2.65 bits per heavy atom. The fourth-order valence-corrected chi connectivity index (χ4v) is 2.62. The summed E-state index contributed by atoms with van der Waals surface area (Å²) in [4.78, 5) is 31.6. The first-order valence-electron chi connectivity index (χ1n) is 9.00. The van der Waals surface area contributed by atoms with Crippen LogP contribution < -0.4 is 0 Å². The Balaban J connectivity index is 0.000000423. The molecular formula is C18H20F3N5O5. The van der Waals surface area contributed by atoms with Crippen molar-refractivity contribution >= 4 is 23.2 Å². The Labute approximate surface area is 174 Å². The van der Waals surface area contributed by atoms with Gasteiger partial charge in [0.15, 0.2) is 0 Å². The van der Waals surface area contributed by atoms with Crippen molar-refractivity contribution in [1.82, 2.24) is 24.7 Å². The maximum atomic E-state index is 11.0. The van der Waals surface area contributed by atoms with E-state index in [9.17, 15) is 18.0 Å². The van der Waals surface area contributed by atoms with Gasteiger partial charge in [-0.25, -0.2) is 19.6 Å². The highest BCUT2D eigenvalue weighted by Gasteiger charge is 2.38. The van der Waals surface area contributed by atoms with Crippen LogP contribution in [0.25, 0.3) is 22.3 Å². The summed E-state index contributed by atoms with van der Waals surface area (Å²) in [7, 11) is 1.29. The number of carbonyl (C=O) groups is 2. The van der Waals surface area contributed by atoms with Gasteiger partial charge in [-0.15, -0.1) is 0 Å². The molecule has 1 unspecified atom stereocenters. The number of aromatic amines is 1. The van der Waals surface area contributed by atoms with Crippen LogP contribution in [0.3, 0.4) is 0 Å². The Hall–Kier alpha value is -3.64. The zero-order valence-electron chi connectivity index (χ0n) is 16.6. The molecule has 13 heteroatoms. The van der Waals surface area contributed by atoms with Crippen molar-refractivity contribution in [3.8, 4) is 11.3 Å². The van der Waals surface area contributed by atoms with Gasteiger partial charge in [-0.3, -0.25) is 4.68 Å². The fraction of sp³-hybridized carbons (Fsp3) is 0.389. The first-order valence-corrected chi connectivity index (χ1v) is 9.00. The fourth-order valence-electron chi connectivity index (χ4n) is 2.62. The molecule has 0 aliphatic rings. The molecule has 3 aromatic rings. The second-order valence-electron chi connectivity index (χ2n) is 6.13. The van der Waals surface area contributed by atoms with Crippen molar-refractivity contribution in [2.75, 3.05) is 13.7 Å². The van der Waals surface area contributed by atoms with E-state index in [-0.39, 0.29) is 12.6 Å². The number of aliphatic carboxylic acids is 1. The van der Waals surface area contributed by atoms with Gasteiger partial charge in [-0.1, -0.05) is 6.92 Å². The van der Waals surface area contributed by atoms with Crippen molar-refractivity contribution in [3.05, 3.63) is 31.0 Å². The molecule has 0 fully saturated rings. The highest BCUT2D eigenvalue weighted by molar-refractivity contribution is 5.89. The number of methoxy groups -OCH3 is 1. The third-order valence-electron chi connectivity index (χ3n) is 4.15. The van der Waals surface area contributed by atoms with Gasteiger partial charge in [0.25, 0.3) is 0 Å². The van der Waals surface area contributed by atoms with Gasteiger partial charge in [-0.05, 0) is 12.5 Å². The lowest BCUT2D eigenvalue weighted by molar-refractivity contribution is -0.192. The second-order valence-corrected chi connectivity index (χ2v) is 6.13. The Kier molecular flexibility index (Phi) is 7.94. The molecule has 168 valence electrons. The molecule has 0 amide bonds. The number of ether oxygens (including phenoxy) is 2. The van der Waals surface area contributed by atoms with Gasteiger partial charge in [0.1, 0.15) is 12.0 Å². The van der Waals surface area contributed by atoms with Crippen molar-refractivity contribution in [1.29, 1.82) is 0 Å². The minimum atomic E-state index is -5.08. The van der Waals surface area contributed by atoms with Crippen LogP contribution in [0.5, 0.6) is 0 Å². The predicted octanol–water partition coefficient (Wildman–Crippen LogP) is 3.58. The van der Waals surface area contributed by atoms with Crippen LogP contribution in [-0.2, 0) is 14.3 Å². The van der Waals surface area contributed by atoms with Crippen LogP contribution >= 0.6 is 0 Å². The molecule has 0 spiro atoms. The first kappa shape index (κ1) is 23.6. The van der Waals surface area contributed by atoms with Gasteiger partial charge in [0.05, 0.1) is 31.6 Å². The van der Waals surface area contributed by atoms with Gasteiger partial charge in [-0.2, -0.15) is 18.3 Å². The van der Waals surface area contributed by atoms with Gasteiger partial charge < -0.3 is 19.6 Å². The molecule has 0 aliphatic heterocycles. The molecule has 2 N–H and O–H groups in total. The lowest BCUT2D eigenvalue weighted by Gasteiger charge is -2.15. The summed E-state index contributed by atoms with van der Waals surface area (Å²) in [6.45, 7) is 2.36. The molecule has 0 bridgehead atoms. The number of fused-ring (bicyclic) bond motifs is 1. The summed E-state index contributed by atoms with van der Waals surface area (Å²) in [5.74, 6) is -2.76. The first-order chi connectivity index (χ1) is 14.7. The van der Waals surface area contributed by atoms with E-state index in [1.165, 1.54) is 13.4 Å². The van der Waals surface area contributed by atoms with Crippen molar-refractivity contribution < 1.29 is 37.3 Å². The number of halogens is 3. The zero-order chi connectivity index (χ0) is 23.0. The topological polar surface area (TPSA) is 132 Å². The summed E-state index contributed by atoms with van der Waals surface area (Å²) in [6, 6.07) is 2.08. The number of aromatic nitrogens is 5. The van der Waals surface area contributed by atoms with E-state index in [2.05, 4.69) is 31.7 Å². The van der Waals surface area contributed by atoms with E-state index in [0.717, 1.165) is 28.7 Å². The van der Waals surface area contributed by atoms with Crippen LogP contribution in [0.1, 0.15) is 25.8 Å². The normalized spacial score (nSPS) is 12.0. The van der Waals surface area contributed by atoms with E-state index < -0.39 is 18.3 Å². The average molecular weight is 443 g/mol. The summed E-state index contributed by atoms with van der Waals surface area (Å²) in [5.41, 5.74) is 2.56. The number of nitrogens with one attached hydrogen (secondary N) is 1. The number of alkyl halides is 3. The lowest BCUT2D eigenvalue weighted by atomic mass is 10.1. The third kappa shape index (κ3) is 6.42. The number of rotatable bonds is 6. The van der Waals surface area contributed by atoms with E-state index >= 15 is 0 Å². The summed E-state index contributed by atoms with van der Waals surface area (Å²) in [5, 5.41) is 12.5. The summed E-state index contributed by atoms with van der Waals surface area (Å²) >= 11 is 0. The van der Waals surface area contributed by atoms with Gasteiger partial charge >= 0.3 is 18.3 Å². The van der Waals surface area contributed by atoms with Crippen LogP contribution in [0.15, 0.2) is 31.0 Å². The van der Waals surface area contributed by atoms with Crippen molar-refractivity contribution in [3.63, 3.8) is 0 Å². The number of hydrogen-bond acceptors (Lipinski definition) is 7. The molecule has 0 aromatic carbocycles. The zero-order valence-corrected chi connectivity index (χ0v) is 16.6. The molecule has 10 nitrogen and oxygen atoms in total. The van der Waals surface area contributed by atoms with Crippen LogP contribution in [-0.4, -0.2) is 61.9 Å². The maximum absolute atomic E-state index is 11.0. The minimum absolute atomic E-state index is 0.131. The number of carboxylic acids is 1. The largest absolute Gasteiger partial charge is 0.507 e. The SMILES string of the molecule is CCC(CCOC(=O)OC)n1cc(-c2ncnc3[nH]ccc23)cn1.O=C(O)C(F)(F)F. The predicted molar refractivity (Wildman–Crippen MR) is 101 cm³/mol. The van der Waals surface area contributed by atoms with E-state index in [0.29, 0.717) is 6.42 Å². The summed E-state index contributed by atoms with van der Waals surface area (Å²) in [6.07, 6.45) is 2.91. The highest BCUT2D eigenvalue weighted by atomic mass is 19.4. The number of carboxylic acid groups (broad SMARTS) is 1. The number of hydrogen-bond donors (Lipinski definition) is 2. The molecule has 31 heavy (non-hydrogen) atoms. The molecule has 0 saturated carbocycles. The maximum Gasteiger partial charge on any atom is 0.507 e. The Bertz CT molecular complexity index is 1020. The van der Waals surface area contributed by atoms with Crippen LogP contribution in [0, 0.1) is 0 Å². The van der Waals surface area contributed by atoms with Gasteiger partial charge in [0.2, 0.25) is 0 Å². The Morgan fingerprint density at radius 2 is 2.03 bits per heavy atom. The molecule has 0 saturated heterocycles. The monoisotopic (exact) mass is 443 g/mol. The molecule has 3 aromatic heterocycles. The van der Waals surface area contributed by atoms with E-state index in [4.69, 9.17) is 14.6 Å². The molecular weight excluding hydrogens is 423 g/mol. The van der Waals surface area contributed by atoms with E-state index in [1.807, 2.05) is 23.1 Å². The molecule has 0 aliphatic carbocycles. The van der Waals surface area contributed by atoms with Gasteiger partial charge in [0, 0.05) is 29.8 Å². The second kappa shape index (κ2) is 10.4. The average Bonchev–Trinajstić information content (AvgIpc) is 3.40. The lowest BCUT2D eigenvalue weighted by Crippen LogP contribution is -2.21. The minimum Gasteiger partial charge on any atom is -0.475 e. The quantitative estimate of drug-likeness (QED) is 0.553. The third-order valence-corrected chi connectivity index (χ3v) is 4.15. The molecule has 3 rings (SSSR count). The van der Waals surface area contributed by atoms with Crippen LogP contribution in [0.2, 0.25) is 0 Å². The van der Waals surface area contributed by atoms with Crippen LogP contribution in [0.4, 0.5) is 18.0 Å².